The zero-order chi connectivity index (χ0) is 13.7. The van der Waals surface area contributed by atoms with Gasteiger partial charge in [0.1, 0.15) is 6.10 Å². The number of methoxy groups -OCH3 is 1. The molecule has 2 rings (SSSR count). The summed E-state index contributed by atoms with van der Waals surface area (Å²) in [7, 11) is 1.63. The predicted molar refractivity (Wildman–Crippen MR) is 72.7 cm³/mol. The Labute approximate surface area is 113 Å². The fourth-order valence-corrected chi connectivity index (χ4v) is 2.21. The van der Waals surface area contributed by atoms with Gasteiger partial charge in [-0.05, 0) is 18.9 Å². The molecule has 1 aromatic carbocycles. The Balaban J connectivity index is 1.99. The molecule has 1 heterocycles. The zero-order valence-corrected chi connectivity index (χ0v) is 11.1. The van der Waals surface area contributed by atoms with E-state index in [1.807, 2.05) is 24.3 Å². The molecule has 5 nitrogen and oxygen atoms in total. The van der Waals surface area contributed by atoms with Crippen LogP contribution in [0.15, 0.2) is 24.3 Å². The third kappa shape index (κ3) is 3.53. The number of anilines is 1. The second kappa shape index (κ2) is 6.65. The van der Waals surface area contributed by atoms with Crippen molar-refractivity contribution in [2.75, 3.05) is 19.0 Å². The van der Waals surface area contributed by atoms with Crippen molar-refractivity contribution < 1.29 is 14.3 Å². The topological polar surface area (TPSA) is 73.6 Å². The molecule has 2 unspecified atom stereocenters. The Morgan fingerprint density at radius 1 is 1.47 bits per heavy atom. The summed E-state index contributed by atoms with van der Waals surface area (Å²) < 4.78 is 10.7. The third-order valence-corrected chi connectivity index (χ3v) is 3.24. The van der Waals surface area contributed by atoms with Gasteiger partial charge in [0.15, 0.2) is 0 Å². The Kier molecular flexibility index (Phi) is 4.90. The highest BCUT2D eigenvalue weighted by molar-refractivity contribution is 5.95. The van der Waals surface area contributed by atoms with E-state index in [2.05, 4.69) is 5.32 Å². The number of carbonyl (C=O) groups is 1. The van der Waals surface area contributed by atoms with Crippen molar-refractivity contribution in [3.63, 3.8) is 0 Å². The highest BCUT2D eigenvalue weighted by Gasteiger charge is 2.30. The van der Waals surface area contributed by atoms with Crippen molar-refractivity contribution >= 4 is 11.6 Å². The molecule has 0 spiro atoms. The van der Waals surface area contributed by atoms with Crippen molar-refractivity contribution in [3.8, 4) is 0 Å². The molecule has 19 heavy (non-hydrogen) atoms. The summed E-state index contributed by atoms with van der Waals surface area (Å²) in [6.45, 7) is 0.928. The number of nitrogens with one attached hydrogen (secondary N) is 1. The maximum absolute atomic E-state index is 12.1. The molecule has 1 amide bonds. The van der Waals surface area contributed by atoms with E-state index in [-0.39, 0.29) is 12.0 Å². The van der Waals surface area contributed by atoms with Crippen LogP contribution in [0.5, 0.6) is 0 Å². The Bertz CT molecular complexity index is 436. The van der Waals surface area contributed by atoms with E-state index in [4.69, 9.17) is 15.2 Å². The highest BCUT2D eigenvalue weighted by Crippen LogP contribution is 2.22. The minimum atomic E-state index is -0.399. The first-order valence-corrected chi connectivity index (χ1v) is 6.48. The lowest BCUT2D eigenvalue weighted by Gasteiger charge is -2.14. The molecule has 0 aliphatic carbocycles. The van der Waals surface area contributed by atoms with E-state index in [0.717, 1.165) is 24.1 Å². The zero-order valence-electron chi connectivity index (χ0n) is 11.1. The number of amides is 1. The quantitative estimate of drug-likeness (QED) is 0.840. The largest absolute Gasteiger partial charge is 0.380 e. The second-order valence-electron chi connectivity index (χ2n) is 4.64. The van der Waals surface area contributed by atoms with Crippen molar-refractivity contribution in [3.05, 3.63) is 29.8 Å². The van der Waals surface area contributed by atoms with Crippen LogP contribution in [0.1, 0.15) is 18.4 Å². The number of hydrogen-bond donors (Lipinski definition) is 2. The van der Waals surface area contributed by atoms with Crippen LogP contribution in [-0.4, -0.2) is 31.8 Å². The van der Waals surface area contributed by atoms with Crippen LogP contribution in [0.4, 0.5) is 5.69 Å². The summed E-state index contributed by atoms with van der Waals surface area (Å²) in [5.74, 6) is -0.112. The van der Waals surface area contributed by atoms with Crippen LogP contribution in [0.2, 0.25) is 0 Å². The summed E-state index contributed by atoms with van der Waals surface area (Å²) in [5, 5.41) is 2.90. The molecule has 1 aromatic rings. The SMILES string of the molecule is COCc1ccccc1NC(=O)C1CCC(CN)O1. The van der Waals surface area contributed by atoms with E-state index in [1.54, 1.807) is 7.11 Å². The third-order valence-electron chi connectivity index (χ3n) is 3.24. The number of ether oxygens (including phenoxy) is 2. The van der Waals surface area contributed by atoms with Gasteiger partial charge in [-0.2, -0.15) is 0 Å². The summed E-state index contributed by atoms with van der Waals surface area (Å²) >= 11 is 0. The molecule has 104 valence electrons. The number of para-hydroxylation sites is 1. The first-order valence-electron chi connectivity index (χ1n) is 6.48. The van der Waals surface area contributed by atoms with Gasteiger partial charge in [0, 0.05) is 24.9 Å². The molecular weight excluding hydrogens is 244 g/mol. The maximum Gasteiger partial charge on any atom is 0.253 e. The van der Waals surface area contributed by atoms with Gasteiger partial charge in [-0.1, -0.05) is 18.2 Å². The molecule has 3 N–H and O–H groups in total. The number of nitrogens with two attached hydrogens (primary N) is 1. The molecule has 1 saturated heterocycles. The average molecular weight is 264 g/mol. The van der Waals surface area contributed by atoms with Gasteiger partial charge in [0.25, 0.3) is 5.91 Å². The van der Waals surface area contributed by atoms with Crippen molar-refractivity contribution in [1.82, 2.24) is 0 Å². The number of benzene rings is 1. The van der Waals surface area contributed by atoms with Gasteiger partial charge < -0.3 is 20.5 Å². The van der Waals surface area contributed by atoms with Gasteiger partial charge in [-0.25, -0.2) is 0 Å². The molecule has 2 atom stereocenters. The molecule has 1 aliphatic heterocycles. The summed E-state index contributed by atoms with van der Waals surface area (Å²) in [6, 6.07) is 7.59. The molecular formula is C14H20N2O3. The van der Waals surface area contributed by atoms with Crippen molar-refractivity contribution in [2.45, 2.75) is 31.7 Å². The lowest BCUT2D eigenvalue weighted by Crippen LogP contribution is -2.30. The van der Waals surface area contributed by atoms with Gasteiger partial charge in [0.2, 0.25) is 0 Å². The summed E-state index contributed by atoms with van der Waals surface area (Å²) in [6.07, 6.45) is 1.17. The van der Waals surface area contributed by atoms with Gasteiger partial charge >= 0.3 is 0 Å². The molecule has 0 radical (unpaired) electrons. The minimum Gasteiger partial charge on any atom is -0.380 e. The van der Waals surface area contributed by atoms with E-state index in [9.17, 15) is 4.79 Å². The molecule has 1 fully saturated rings. The minimum absolute atomic E-state index is 0.00460. The van der Waals surface area contributed by atoms with E-state index in [0.29, 0.717) is 13.2 Å². The number of carbonyl (C=O) groups excluding carboxylic acids is 1. The normalized spacial score (nSPS) is 22.4. The monoisotopic (exact) mass is 264 g/mol. The van der Waals surface area contributed by atoms with Crippen LogP contribution in [0.25, 0.3) is 0 Å². The molecule has 0 saturated carbocycles. The van der Waals surface area contributed by atoms with Crippen LogP contribution in [-0.2, 0) is 20.9 Å². The van der Waals surface area contributed by atoms with E-state index >= 15 is 0 Å². The fourth-order valence-electron chi connectivity index (χ4n) is 2.21. The molecule has 1 aliphatic rings. The van der Waals surface area contributed by atoms with E-state index < -0.39 is 6.10 Å². The molecule has 0 bridgehead atoms. The van der Waals surface area contributed by atoms with Crippen LogP contribution in [0.3, 0.4) is 0 Å². The summed E-state index contributed by atoms with van der Waals surface area (Å²) in [5.41, 5.74) is 7.26. The predicted octanol–water partition coefficient (Wildman–Crippen LogP) is 1.28. The maximum atomic E-state index is 12.1. The lowest BCUT2D eigenvalue weighted by molar-refractivity contribution is -0.126. The smallest absolute Gasteiger partial charge is 0.253 e. The average Bonchev–Trinajstić information content (AvgIpc) is 2.90. The van der Waals surface area contributed by atoms with Crippen LogP contribution >= 0.6 is 0 Å². The van der Waals surface area contributed by atoms with Gasteiger partial charge in [-0.15, -0.1) is 0 Å². The highest BCUT2D eigenvalue weighted by atomic mass is 16.5. The number of hydrogen-bond acceptors (Lipinski definition) is 4. The van der Waals surface area contributed by atoms with Crippen molar-refractivity contribution in [2.24, 2.45) is 5.73 Å². The summed E-state index contributed by atoms with van der Waals surface area (Å²) in [4.78, 5) is 12.1. The standard InChI is InChI=1S/C14H20N2O3/c1-18-9-10-4-2-3-5-12(10)16-14(17)13-7-6-11(8-15)19-13/h2-5,11,13H,6-9,15H2,1H3,(H,16,17). The Hall–Kier alpha value is -1.43. The Morgan fingerprint density at radius 3 is 2.95 bits per heavy atom. The second-order valence-corrected chi connectivity index (χ2v) is 4.64. The molecule has 5 heteroatoms. The van der Waals surface area contributed by atoms with Gasteiger partial charge in [-0.3, -0.25) is 4.79 Å². The van der Waals surface area contributed by atoms with Crippen molar-refractivity contribution in [1.29, 1.82) is 0 Å². The first-order chi connectivity index (χ1) is 9.24. The van der Waals surface area contributed by atoms with Gasteiger partial charge in [0.05, 0.1) is 12.7 Å². The first kappa shape index (κ1) is 14.0. The van der Waals surface area contributed by atoms with Crippen LogP contribution in [0, 0.1) is 0 Å². The number of rotatable bonds is 5. The van der Waals surface area contributed by atoms with Crippen LogP contribution < -0.4 is 11.1 Å². The molecule has 0 aromatic heterocycles. The fraction of sp³-hybridized carbons (Fsp3) is 0.500. The van der Waals surface area contributed by atoms with E-state index in [1.165, 1.54) is 0 Å². The Morgan fingerprint density at radius 2 is 2.26 bits per heavy atom. The lowest BCUT2D eigenvalue weighted by atomic mass is 10.1.